The zero-order chi connectivity index (χ0) is 16.8. The highest BCUT2D eigenvalue weighted by atomic mass is 35.5. The van der Waals surface area contributed by atoms with E-state index >= 15 is 0 Å². The van der Waals surface area contributed by atoms with Crippen LogP contribution in [0.4, 0.5) is 5.69 Å². The summed E-state index contributed by atoms with van der Waals surface area (Å²) in [5.41, 5.74) is 2.00. The topological polar surface area (TPSA) is 81.0 Å². The number of hydrogen-bond donors (Lipinski definition) is 2. The first-order chi connectivity index (χ1) is 11.8. The highest BCUT2D eigenvalue weighted by Crippen LogP contribution is 2.20. The molecule has 26 heavy (non-hydrogen) atoms. The van der Waals surface area contributed by atoms with Crippen molar-refractivity contribution in [1.29, 1.82) is 5.26 Å². The summed E-state index contributed by atoms with van der Waals surface area (Å²) >= 11 is 0. The number of fused-ring (bicyclic) bond motifs is 1. The van der Waals surface area contributed by atoms with E-state index in [2.05, 4.69) is 21.7 Å². The van der Waals surface area contributed by atoms with Gasteiger partial charge in [-0.3, -0.25) is 9.78 Å². The number of para-hydroxylation sites is 1. The lowest BCUT2D eigenvalue weighted by Gasteiger charge is -2.19. The number of benzene rings is 1. The van der Waals surface area contributed by atoms with Gasteiger partial charge in [-0.25, -0.2) is 0 Å². The van der Waals surface area contributed by atoms with Crippen LogP contribution in [-0.2, 0) is 4.79 Å². The van der Waals surface area contributed by atoms with Crippen LogP contribution in [0.25, 0.3) is 10.9 Å². The Morgan fingerprint density at radius 3 is 2.88 bits per heavy atom. The van der Waals surface area contributed by atoms with Gasteiger partial charge in [0.15, 0.2) is 0 Å². The Balaban J connectivity index is 0.00000169. The monoisotopic (exact) mass is 395 g/mol. The molecule has 3 rings (SSSR count). The number of anilines is 1. The molecule has 1 amide bonds. The molecule has 1 atom stereocenters. The van der Waals surface area contributed by atoms with Gasteiger partial charge in [0, 0.05) is 36.9 Å². The van der Waals surface area contributed by atoms with Crippen molar-refractivity contribution < 1.29 is 4.79 Å². The first-order valence-corrected chi connectivity index (χ1v) is 8.27. The van der Waals surface area contributed by atoms with E-state index in [0.717, 1.165) is 29.4 Å². The molecule has 0 aliphatic carbocycles. The maximum Gasteiger partial charge on any atom is 0.237 e. The number of rotatable bonds is 6. The van der Waals surface area contributed by atoms with E-state index < -0.39 is 0 Å². The molecule has 0 bridgehead atoms. The molecule has 0 unspecified atom stereocenters. The van der Waals surface area contributed by atoms with Crippen molar-refractivity contribution in [2.24, 2.45) is 0 Å². The molecule has 1 aliphatic rings. The lowest BCUT2D eigenvalue weighted by molar-refractivity contribution is -0.130. The van der Waals surface area contributed by atoms with Crippen molar-refractivity contribution >= 4 is 47.3 Å². The van der Waals surface area contributed by atoms with E-state index in [0.29, 0.717) is 19.6 Å². The van der Waals surface area contributed by atoms with Crippen LogP contribution in [0.2, 0.25) is 0 Å². The molecule has 2 aromatic rings. The van der Waals surface area contributed by atoms with Crippen molar-refractivity contribution in [2.45, 2.75) is 18.9 Å². The minimum atomic E-state index is -0.249. The number of carbonyl (C=O) groups is 1. The van der Waals surface area contributed by atoms with Crippen molar-refractivity contribution in [3.63, 3.8) is 0 Å². The van der Waals surface area contributed by atoms with E-state index in [9.17, 15) is 4.79 Å². The van der Waals surface area contributed by atoms with Crippen molar-refractivity contribution in [2.75, 3.05) is 31.5 Å². The molecule has 8 heteroatoms. The van der Waals surface area contributed by atoms with Crippen LogP contribution >= 0.6 is 24.8 Å². The fraction of sp³-hybridized carbons (Fsp3) is 0.389. The summed E-state index contributed by atoms with van der Waals surface area (Å²) in [5, 5.41) is 16.6. The standard InChI is InChI=1S/C18H21N5O.2ClH/c19-12-14-4-3-11-23(14)18(24)13-20-9-10-22-17-7-8-21-16-6-2-1-5-15(16)17;;/h1-2,5-8,14,20H,3-4,9-11,13H2,(H,21,22);2*1H/t14-;;/m0../s1. The number of pyridine rings is 1. The number of halogens is 2. The van der Waals surface area contributed by atoms with E-state index in [4.69, 9.17) is 5.26 Å². The molecule has 1 saturated heterocycles. The Bertz CT molecular complexity index is 759. The Labute approximate surface area is 165 Å². The molecule has 0 radical (unpaired) electrons. The molecular weight excluding hydrogens is 373 g/mol. The maximum absolute atomic E-state index is 12.1. The predicted molar refractivity (Wildman–Crippen MR) is 108 cm³/mol. The number of hydrogen-bond acceptors (Lipinski definition) is 5. The third-order valence-electron chi connectivity index (χ3n) is 4.26. The second-order valence-electron chi connectivity index (χ2n) is 5.85. The molecular formula is C18H23Cl2N5O. The number of aromatic nitrogens is 1. The number of nitrogens with zero attached hydrogens (tertiary/aromatic N) is 3. The molecule has 2 heterocycles. The van der Waals surface area contributed by atoms with Gasteiger partial charge in [-0.1, -0.05) is 18.2 Å². The number of carbonyl (C=O) groups excluding carboxylic acids is 1. The van der Waals surface area contributed by atoms with Crippen molar-refractivity contribution in [3.05, 3.63) is 36.5 Å². The van der Waals surface area contributed by atoms with Crippen LogP contribution in [0, 0.1) is 11.3 Å². The minimum Gasteiger partial charge on any atom is -0.383 e. The fourth-order valence-electron chi connectivity index (χ4n) is 3.03. The second kappa shape index (κ2) is 10.8. The van der Waals surface area contributed by atoms with Crippen LogP contribution in [0.3, 0.4) is 0 Å². The highest BCUT2D eigenvalue weighted by molar-refractivity contribution is 5.90. The summed E-state index contributed by atoms with van der Waals surface area (Å²) in [6.07, 6.45) is 3.50. The molecule has 2 N–H and O–H groups in total. The zero-order valence-corrected chi connectivity index (χ0v) is 16.0. The molecule has 1 fully saturated rings. The molecule has 6 nitrogen and oxygen atoms in total. The van der Waals surface area contributed by atoms with Gasteiger partial charge in [-0.2, -0.15) is 5.26 Å². The molecule has 1 aromatic heterocycles. The molecule has 0 saturated carbocycles. The summed E-state index contributed by atoms with van der Waals surface area (Å²) in [5.74, 6) is 0.00779. The quantitative estimate of drug-likeness (QED) is 0.734. The van der Waals surface area contributed by atoms with Crippen LogP contribution in [0.5, 0.6) is 0 Å². The summed E-state index contributed by atoms with van der Waals surface area (Å²) in [7, 11) is 0. The summed E-state index contributed by atoms with van der Waals surface area (Å²) in [6.45, 7) is 2.35. The Morgan fingerprint density at radius 1 is 1.27 bits per heavy atom. The maximum atomic E-state index is 12.1. The Hall–Kier alpha value is -2.07. The number of nitrogens with one attached hydrogen (secondary N) is 2. The fourth-order valence-corrected chi connectivity index (χ4v) is 3.03. The van der Waals surface area contributed by atoms with Gasteiger partial charge in [0.2, 0.25) is 5.91 Å². The van der Waals surface area contributed by atoms with Crippen molar-refractivity contribution in [1.82, 2.24) is 15.2 Å². The first-order valence-electron chi connectivity index (χ1n) is 8.27. The summed E-state index contributed by atoms with van der Waals surface area (Å²) < 4.78 is 0. The lowest BCUT2D eigenvalue weighted by Crippen LogP contribution is -2.41. The van der Waals surface area contributed by atoms with Crippen LogP contribution in [0.15, 0.2) is 36.5 Å². The largest absolute Gasteiger partial charge is 0.383 e. The average molecular weight is 396 g/mol. The number of amides is 1. The van der Waals surface area contributed by atoms with Gasteiger partial charge in [0.05, 0.1) is 18.1 Å². The minimum absolute atomic E-state index is 0. The first kappa shape index (κ1) is 22.0. The van der Waals surface area contributed by atoms with Crippen LogP contribution < -0.4 is 10.6 Å². The van der Waals surface area contributed by atoms with Crippen molar-refractivity contribution in [3.8, 4) is 6.07 Å². The molecule has 140 valence electrons. The van der Waals surface area contributed by atoms with Gasteiger partial charge >= 0.3 is 0 Å². The summed E-state index contributed by atoms with van der Waals surface area (Å²) in [6, 6.07) is 11.9. The van der Waals surface area contributed by atoms with E-state index in [-0.39, 0.29) is 43.3 Å². The van der Waals surface area contributed by atoms with Gasteiger partial charge in [0.1, 0.15) is 6.04 Å². The Morgan fingerprint density at radius 2 is 2.08 bits per heavy atom. The zero-order valence-electron chi connectivity index (χ0n) is 14.4. The van der Waals surface area contributed by atoms with Gasteiger partial charge in [-0.15, -0.1) is 24.8 Å². The van der Waals surface area contributed by atoms with Crippen LogP contribution in [0.1, 0.15) is 12.8 Å². The van der Waals surface area contributed by atoms with Gasteiger partial charge in [-0.05, 0) is 25.0 Å². The lowest BCUT2D eigenvalue weighted by atomic mass is 10.2. The van der Waals surface area contributed by atoms with Gasteiger partial charge < -0.3 is 15.5 Å². The SMILES string of the molecule is Cl.Cl.N#C[C@@H]1CCCN1C(=O)CNCCNc1ccnc2ccccc12. The molecule has 1 aromatic carbocycles. The second-order valence-corrected chi connectivity index (χ2v) is 5.85. The number of likely N-dealkylation sites (tertiary alicyclic amines) is 1. The van der Waals surface area contributed by atoms with Crippen LogP contribution in [-0.4, -0.2) is 48.0 Å². The average Bonchev–Trinajstić information content (AvgIpc) is 3.10. The summed E-state index contributed by atoms with van der Waals surface area (Å²) in [4.78, 5) is 18.1. The van der Waals surface area contributed by atoms with E-state index in [1.807, 2.05) is 30.3 Å². The van der Waals surface area contributed by atoms with Gasteiger partial charge in [0.25, 0.3) is 0 Å². The molecule has 0 spiro atoms. The Kier molecular flexibility index (Phi) is 9.14. The normalized spacial score (nSPS) is 15.7. The van der Waals surface area contributed by atoms with E-state index in [1.165, 1.54) is 0 Å². The third kappa shape index (κ3) is 5.21. The number of nitriles is 1. The predicted octanol–water partition coefficient (Wildman–Crippen LogP) is 2.59. The smallest absolute Gasteiger partial charge is 0.237 e. The highest BCUT2D eigenvalue weighted by Gasteiger charge is 2.27. The third-order valence-corrected chi connectivity index (χ3v) is 4.26. The molecule has 1 aliphatic heterocycles. The van der Waals surface area contributed by atoms with E-state index in [1.54, 1.807) is 11.1 Å².